The second kappa shape index (κ2) is 6.43. The van der Waals surface area contributed by atoms with Gasteiger partial charge in [-0.3, -0.25) is 4.90 Å². The predicted molar refractivity (Wildman–Crippen MR) is 61.0 cm³/mol. The van der Waals surface area contributed by atoms with Crippen molar-refractivity contribution in [2.24, 2.45) is 0 Å². The first-order chi connectivity index (χ1) is 7.15. The van der Waals surface area contributed by atoms with Gasteiger partial charge in [0.15, 0.2) is 0 Å². The van der Waals surface area contributed by atoms with Crippen molar-refractivity contribution in [3.63, 3.8) is 0 Å². The molecule has 3 unspecified atom stereocenters. The molecule has 0 radical (unpaired) electrons. The van der Waals surface area contributed by atoms with Crippen LogP contribution in [0.3, 0.4) is 0 Å². The lowest BCUT2D eigenvalue weighted by Gasteiger charge is -2.37. The molecule has 0 amide bonds. The molecule has 0 aromatic rings. The molecule has 0 aliphatic carbocycles. The third kappa shape index (κ3) is 4.47. The molecular weight excluding hydrogens is 192 g/mol. The van der Waals surface area contributed by atoms with Crippen LogP contribution in [0.4, 0.5) is 0 Å². The Hall–Kier alpha value is -0.160. The number of aliphatic hydroxyl groups excluding tert-OH is 1. The lowest BCUT2D eigenvalue weighted by molar-refractivity contribution is -0.0709. The van der Waals surface area contributed by atoms with Crippen molar-refractivity contribution in [3.8, 4) is 0 Å². The van der Waals surface area contributed by atoms with Gasteiger partial charge in [0.25, 0.3) is 0 Å². The van der Waals surface area contributed by atoms with E-state index in [-0.39, 0.29) is 12.6 Å². The summed E-state index contributed by atoms with van der Waals surface area (Å²) in [4.78, 5) is 2.36. The Kier molecular flexibility index (Phi) is 5.53. The zero-order valence-corrected chi connectivity index (χ0v) is 10.1. The van der Waals surface area contributed by atoms with Crippen molar-refractivity contribution in [2.45, 2.75) is 39.0 Å². The highest BCUT2D eigenvalue weighted by Crippen LogP contribution is 2.10. The number of likely N-dealkylation sites (N-methyl/N-ethyl adjacent to an activating group) is 1. The minimum atomic E-state index is 0.187. The summed E-state index contributed by atoms with van der Waals surface area (Å²) in [6.45, 7) is 10.2. The first kappa shape index (κ1) is 12.9. The van der Waals surface area contributed by atoms with Crippen molar-refractivity contribution in [1.82, 2.24) is 10.2 Å². The minimum Gasteiger partial charge on any atom is -0.395 e. The normalized spacial score (nSPS) is 30.4. The van der Waals surface area contributed by atoms with Crippen molar-refractivity contribution < 1.29 is 9.84 Å². The Bertz CT molecular complexity index is 168. The Morgan fingerprint density at radius 1 is 1.40 bits per heavy atom. The highest BCUT2D eigenvalue weighted by Gasteiger charge is 2.23. The minimum absolute atomic E-state index is 0.187. The van der Waals surface area contributed by atoms with E-state index in [2.05, 4.69) is 31.0 Å². The van der Waals surface area contributed by atoms with Gasteiger partial charge in [0, 0.05) is 25.7 Å². The number of nitrogens with zero attached hydrogens (tertiary/aromatic N) is 1. The molecule has 0 aromatic carbocycles. The SMILES string of the molecule is CCNC(CO)CN1CC(C)OC(C)C1. The first-order valence-corrected chi connectivity index (χ1v) is 5.87. The molecule has 3 atom stereocenters. The molecular formula is C11H24N2O2. The molecule has 1 aliphatic heterocycles. The molecule has 4 heteroatoms. The molecule has 0 saturated carbocycles. The molecule has 1 heterocycles. The van der Waals surface area contributed by atoms with Crippen LogP contribution >= 0.6 is 0 Å². The van der Waals surface area contributed by atoms with Crippen LogP contribution in [0.2, 0.25) is 0 Å². The third-order valence-corrected chi connectivity index (χ3v) is 2.69. The highest BCUT2D eigenvalue weighted by atomic mass is 16.5. The van der Waals surface area contributed by atoms with Crippen LogP contribution in [-0.2, 0) is 4.74 Å². The van der Waals surface area contributed by atoms with Crippen LogP contribution in [-0.4, -0.2) is 61.0 Å². The van der Waals surface area contributed by atoms with Crippen LogP contribution in [0.5, 0.6) is 0 Å². The fourth-order valence-electron chi connectivity index (χ4n) is 2.22. The average molecular weight is 216 g/mol. The van der Waals surface area contributed by atoms with Gasteiger partial charge in [-0.2, -0.15) is 0 Å². The summed E-state index contributed by atoms with van der Waals surface area (Å²) in [7, 11) is 0. The van der Waals surface area contributed by atoms with Crippen molar-refractivity contribution in [3.05, 3.63) is 0 Å². The first-order valence-electron chi connectivity index (χ1n) is 5.87. The fraction of sp³-hybridized carbons (Fsp3) is 1.00. The van der Waals surface area contributed by atoms with E-state index in [1.807, 2.05) is 0 Å². The van der Waals surface area contributed by atoms with E-state index in [9.17, 15) is 5.11 Å². The summed E-state index contributed by atoms with van der Waals surface area (Å²) in [5, 5.41) is 12.5. The van der Waals surface area contributed by atoms with Gasteiger partial charge in [-0.15, -0.1) is 0 Å². The fourth-order valence-corrected chi connectivity index (χ4v) is 2.22. The van der Waals surface area contributed by atoms with Gasteiger partial charge in [-0.25, -0.2) is 0 Å². The van der Waals surface area contributed by atoms with E-state index < -0.39 is 0 Å². The number of morpholine rings is 1. The van der Waals surface area contributed by atoms with Crippen LogP contribution in [0, 0.1) is 0 Å². The van der Waals surface area contributed by atoms with Gasteiger partial charge in [0.1, 0.15) is 0 Å². The van der Waals surface area contributed by atoms with E-state index in [0.29, 0.717) is 12.2 Å². The maximum absolute atomic E-state index is 9.20. The molecule has 0 aromatic heterocycles. The molecule has 2 N–H and O–H groups in total. The molecule has 1 fully saturated rings. The number of hydrogen-bond acceptors (Lipinski definition) is 4. The Morgan fingerprint density at radius 2 is 2.00 bits per heavy atom. The quantitative estimate of drug-likeness (QED) is 0.682. The maximum Gasteiger partial charge on any atom is 0.0678 e. The van der Waals surface area contributed by atoms with E-state index in [1.165, 1.54) is 0 Å². The summed E-state index contributed by atoms with van der Waals surface area (Å²) in [6.07, 6.45) is 0.601. The largest absolute Gasteiger partial charge is 0.395 e. The topological polar surface area (TPSA) is 44.7 Å². The lowest BCUT2D eigenvalue weighted by Crippen LogP contribution is -2.51. The van der Waals surface area contributed by atoms with Gasteiger partial charge < -0.3 is 15.2 Å². The standard InChI is InChI=1S/C11H24N2O2/c1-4-12-11(8-14)7-13-5-9(2)15-10(3)6-13/h9-12,14H,4-8H2,1-3H3. The van der Waals surface area contributed by atoms with Gasteiger partial charge in [0.2, 0.25) is 0 Å². The Balaban J connectivity index is 2.35. The van der Waals surface area contributed by atoms with Gasteiger partial charge in [-0.05, 0) is 20.4 Å². The monoisotopic (exact) mass is 216 g/mol. The van der Waals surface area contributed by atoms with Crippen LogP contribution in [0.25, 0.3) is 0 Å². The molecule has 4 nitrogen and oxygen atoms in total. The number of nitrogens with one attached hydrogen (secondary N) is 1. The van der Waals surface area contributed by atoms with Crippen molar-refractivity contribution in [1.29, 1.82) is 0 Å². The van der Waals surface area contributed by atoms with E-state index in [0.717, 1.165) is 26.2 Å². The lowest BCUT2D eigenvalue weighted by atomic mass is 10.2. The summed E-state index contributed by atoms with van der Waals surface area (Å²) >= 11 is 0. The summed E-state index contributed by atoms with van der Waals surface area (Å²) in [6, 6.07) is 0.187. The average Bonchev–Trinajstić information content (AvgIpc) is 2.15. The second-order valence-corrected chi connectivity index (χ2v) is 4.41. The number of hydrogen-bond donors (Lipinski definition) is 2. The van der Waals surface area contributed by atoms with E-state index in [4.69, 9.17) is 4.74 Å². The zero-order valence-electron chi connectivity index (χ0n) is 10.1. The third-order valence-electron chi connectivity index (χ3n) is 2.69. The predicted octanol–water partition coefficient (Wildman–Crippen LogP) is 0.0660. The Labute approximate surface area is 92.6 Å². The van der Waals surface area contributed by atoms with Crippen LogP contribution in [0.1, 0.15) is 20.8 Å². The molecule has 1 rings (SSSR count). The molecule has 0 bridgehead atoms. The maximum atomic E-state index is 9.20. The Morgan fingerprint density at radius 3 is 2.47 bits per heavy atom. The zero-order chi connectivity index (χ0) is 11.3. The molecule has 90 valence electrons. The van der Waals surface area contributed by atoms with Gasteiger partial charge >= 0.3 is 0 Å². The second-order valence-electron chi connectivity index (χ2n) is 4.41. The number of ether oxygens (including phenoxy) is 1. The summed E-state index contributed by atoms with van der Waals surface area (Å²) < 4.78 is 5.67. The van der Waals surface area contributed by atoms with Crippen LogP contribution < -0.4 is 5.32 Å². The van der Waals surface area contributed by atoms with Crippen molar-refractivity contribution in [2.75, 3.05) is 32.8 Å². The van der Waals surface area contributed by atoms with Gasteiger partial charge in [0.05, 0.1) is 18.8 Å². The summed E-state index contributed by atoms with van der Waals surface area (Å²) in [5.74, 6) is 0. The molecule has 1 aliphatic rings. The smallest absolute Gasteiger partial charge is 0.0678 e. The molecule has 1 saturated heterocycles. The van der Waals surface area contributed by atoms with E-state index in [1.54, 1.807) is 0 Å². The van der Waals surface area contributed by atoms with Crippen molar-refractivity contribution >= 4 is 0 Å². The number of rotatable bonds is 5. The summed E-state index contributed by atoms with van der Waals surface area (Å²) in [5.41, 5.74) is 0. The highest BCUT2D eigenvalue weighted by molar-refractivity contribution is 4.77. The molecule has 15 heavy (non-hydrogen) atoms. The van der Waals surface area contributed by atoms with E-state index >= 15 is 0 Å². The van der Waals surface area contributed by atoms with Crippen LogP contribution in [0.15, 0.2) is 0 Å². The number of aliphatic hydroxyl groups is 1. The molecule has 0 spiro atoms. The van der Waals surface area contributed by atoms with Gasteiger partial charge in [-0.1, -0.05) is 6.92 Å².